The number of ether oxygens (including phenoxy) is 3. The Kier molecular flexibility index (Phi) is 6.28. The summed E-state index contributed by atoms with van der Waals surface area (Å²) in [5.74, 6) is 1.41. The lowest BCUT2D eigenvalue weighted by molar-refractivity contribution is -0.120. The first-order chi connectivity index (χ1) is 13.5. The number of nitrogens with zero attached hydrogens (tertiary/aromatic N) is 1. The molecule has 0 aliphatic carbocycles. The van der Waals surface area contributed by atoms with Crippen LogP contribution in [0.4, 0.5) is 0 Å². The number of benzene rings is 1. The van der Waals surface area contributed by atoms with Gasteiger partial charge >= 0.3 is 0 Å². The summed E-state index contributed by atoms with van der Waals surface area (Å²) in [6.45, 7) is 2.19. The molecule has 2 saturated heterocycles. The zero-order chi connectivity index (χ0) is 20.1. The summed E-state index contributed by atoms with van der Waals surface area (Å²) in [7, 11) is 3.07. The number of hydrogen-bond acceptors (Lipinski definition) is 6. The number of amides is 2. The van der Waals surface area contributed by atoms with E-state index < -0.39 is 0 Å². The van der Waals surface area contributed by atoms with Crippen molar-refractivity contribution in [3.05, 3.63) is 17.7 Å². The van der Waals surface area contributed by atoms with Gasteiger partial charge in [-0.25, -0.2) is 0 Å². The Morgan fingerprint density at radius 2 is 1.82 bits per heavy atom. The molecule has 154 valence electrons. The van der Waals surface area contributed by atoms with Gasteiger partial charge in [-0.05, 0) is 44.4 Å². The summed E-state index contributed by atoms with van der Waals surface area (Å²) in [5, 5.41) is 3.09. The fraction of sp³-hybridized carbons (Fsp3) is 0.600. The molecule has 0 atom stereocenters. The molecule has 2 amide bonds. The van der Waals surface area contributed by atoms with Crippen molar-refractivity contribution in [3.63, 3.8) is 0 Å². The summed E-state index contributed by atoms with van der Waals surface area (Å²) < 4.78 is 16.6. The van der Waals surface area contributed by atoms with Gasteiger partial charge in [0.2, 0.25) is 11.7 Å². The molecule has 1 aromatic carbocycles. The maximum Gasteiger partial charge on any atom is 0.254 e. The minimum atomic E-state index is -0.135. The van der Waals surface area contributed by atoms with Crippen molar-refractivity contribution in [2.24, 2.45) is 5.73 Å². The van der Waals surface area contributed by atoms with Crippen molar-refractivity contribution in [2.75, 3.05) is 40.5 Å². The van der Waals surface area contributed by atoms with E-state index in [1.165, 1.54) is 14.2 Å². The Labute approximate surface area is 165 Å². The number of hydrogen-bond donors (Lipinski definition) is 2. The summed E-state index contributed by atoms with van der Waals surface area (Å²) in [5.41, 5.74) is 5.87. The van der Waals surface area contributed by atoms with E-state index in [9.17, 15) is 9.59 Å². The smallest absolute Gasteiger partial charge is 0.254 e. The zero-order valence-electron chi connectivity index (χ0n) is 16.6. The van der Waals surface area contributed by atoms with Gasteiger partial charge in [-0.2, -0.15) is 0 Å². The van der Waals surface area contributed by atoms with Crippen LogP contribution in [-0.4, -0.2) is 62.7 Å². The highest BCUT2D eigenvalue weighted by molar-refractivity contribution is 5.95. The van der Waals surface area contributed by atoms with Gasteiger partial charge in [0, 0.05) is 30.6 Å². The second kappa shape index (κ2) is 8.68. The number of methoxy groups -OCH3 is 2. The van der Waals surface area contributed by atoms with Crippen LogP contribution in [0.1, 0.15) is 42.5 Å². The fourth-order valence-electron chi connectivity index (χ4n) is 3.87. The van der Waals surface area contributed by atoms with E-state index >= 15 is 0 Å². The highest BCUT2D eigenvalue weighted by Crippen LogP contribution is 2.39. The minimum absolute atomic E-state index is 0.0794. The third-order valence-electron chi connectivity index (χ3n) is 5.55. The number of carbonyl (C=O) groups is 2. The second-order valence-corrected chi connectivity index (χ2v) is 7.32. The molecule has 0 radical (unpaired) electrons. The molecular formula is C20H29N3O5. The van der Waals surface area contributed by atoms with E-state index in [0.29, 0.717) is 61.9 Å². The molecule has 1 spiro atoms. The van der Waals surface area contributed by atoms with E-state index in [4.69, 9.17) is 19.9 Å². The van der Waals surface area contributed by atoms with Crippen LogP contribution >= 0.6 is 0 Å². The van der Waals surface area contributed by atoms with Gasteiger partial charge in [0.25, 0.3) is 5.91 Å². The molecular weight excluding hydrogens is 362 g/mol. The number of piperidine rings is 1. The lowest BCUT2D eigenvalue weighted by Crippen LogP contribution is -2.52. The van der Waals surface area contributed by atoms with Crippen LogP contribution in [0.5, 0.6) is 17.2 Å². The topological polar surface area (TPSA) is 103 Å². The Balaban J connectivity index is 1.73. The van der Waals surface area contributed by atoms with Gasteiger partial charge in [0.15, 0.2) is 11.5 Å². The van der Waals surface area contributed by atoms with Crippen molar-refractivity contribution in [3.8, 4) is 17.2 Å². The first-order valence-electron chi connectivity index (χ1n) is 9.71. The predicted molar refractivity (Wildman–Crippen MR) is 104 cm³/mol. The van der Waals surface area contributed by atoms with Crippen molar-refractivity contribution < 1.29 is 23.8 Å². The largest absolute Gasteiger partial charge is 0.493 e. The van der Waals surface area contributed by atoms with Gasteiger partial charge in [-0.15, -0.1) is 0 Å². The maximum absolute atomic E-state index is 13.0. The zero-order valence-corrected chi connectivity index (χ0v) is 16.6. The first-order valence-corrected chi connectivity index (χ1v) is 9.71. The SMILES string of the molecule is COc1cc(C(=O)N2CCC3(CCC(=O)N3)CC2)cc(OC)c1OCCCN. The normalized spacial score (nSPS) is 18.1. The molecule has 0 unspecified atom stereocenters. The molecule has 3 rings (SSSR count). The quantitative estimate of drug-likeness (QED) is 0.680. The highest BCUT2D eigenvalue weighted by atomic mass is 16.5. The van der Waals surface area contributed by atoms with Crippen LogP contribution in [-0.2, 0) is 4.79 Å². The molecule has 8 nitrogen and oxygen atoms in total. The summed E-state index contributed by atoms with van der Waals surface area (Å²) in [6.07, 6.45) is 3.69. The van der Waals surface area contributed by atoms with Crippen LogP contribution in [0.2, 0.25) is 0 Å². The van der Waals surface area contributed by atoms with Crippen molar-refractivity contribution in [1.29, 1.82) is 0 Å². The molecule has 2 heterocycles. The number of nitrogens with two attached hydrogens (primary N) is 1. The van der Waals surface area contributed by atoms with E-state index in [1.54, 1.807) is 12.1 Å². The van der Waals surface area contributed by atoms with E-state index in [-0.39, 0.29) is 17.4 Å². The number of rotatable bonds is 7. The van der Waals surface area contributed by atoms with E-state index in [2.05, 4.69) is 5.32 Å². The van der Waals surface area contributed by atoms with Crippen molar-refractivity contribution in [2.45, 2.75) is 37.6 Å². The molecule has 1 aromatic rings. The Hall–Kier alpha value is -2.48. The van der Waals surface area contributed by atoms with Crippen LogP contribution in [0.3, 0.4) is 0 Å². The Morgan fingerprint density at radius 1 is 1.18 bits per heavy atom. The van der Waals surface area contributed by atoms with Crippen LogP contribution in [0.15, 0.2) is 12.1 Å². The Bertz CT molecular complexity index is 704. The lowest BCUT2D eigenvalue weighted by Gasteiger charge is -2.39. The molecule has 2 aliphatic rings. The molecule has 28 heavy (non-hydrogen) atoms. The van der Waals surface area contributed by atoms with Gasteiger partial charge < -0.3 is 30.2 Å². The van der Waals surface area contributed by atoms with Gasteiger partial charge in [-0.3, -0.25) is 9.59 Å². The number of nitrogens with one attached hydrogen (secondary N) is 1. The second-order valence-electron chi connectivity index (χ2n) is 7.32. The van der Waals surface area contributed by atoms with E-state index in [0.717, 1.165) is 19.3 Å². The fourth-order valence-corrected chi connectivity index (χ4v) is 3.87. The highest BCUT2D eigenvalue weighted by Gasteiger charge is 2.41. The Morgan fingerprint density at radius 3 is 2.32 bits per heavy atom. The molecule has 3 N–H and O–H groups in total. The van der Waals surface area contributed by atoms with E-state index in [1.807, 2.05) is 4.90 Å². The lowest BCUT2D eigenvalue weighted by atomic mass is 9.86. The average Bonchev–Trinajstić information content (AvgIpc) is 3.08. The molecule has 0 saturated carbocycles. The third-order valence-corrected chi connectivity index (χ3v) is 5.55. The predicted octanol–water partition coefficient (Wildman–Crippen LogP) is 1.32. The summed E-state index contributed by atoms with van der Waals surface area (Å²) in [6, 6.07) is 3.37. The van der Waals surface area contributed by atoms with Crippen molar-refractivity contribution in [1.82, 2.24) is 10.2 Å². The molecule has 2 fully saturated rings. The van der Waals surface area contributed by atoms with Crippen molar-refractivity contribution >= 4 is 11.8 Å². The standard InChI is InChI=1S/C20H29N3O5/c1-26-15-12-14(13-16(27-2)18(15)28-11-3-8-21)19(25)23-9-6-20(7-10-23)5-4-17(24)22-20/h12-13H,3-11,21H2,1-2H3,(H,22,24). The third kappa shape index (κ3) is 4.16. The van der Waals surface area contributed by atoms with Crippen LogP contribution in [0.25, 0.3) is 0 Å². The number of likely N-dealkylation sites (tertiary alicyclic amines) is 1. The summed E-state index contributed by atoms with van der Waals surface area (Å²) in [4.78, 5) is 26.4. The monoisotopic (exact) mass is 391 g/mol. The maximum atomic E-state index is 13.0. The first kappa shape index (κ1) is 20.3. The molecule has 8 heteroatoms. The molecule has 0 bridgehead atoms. The minimum Gasteiger partial charge on any atom is -0.493 e. The average molecular weight is 391 g/mol. The van der Waals surface area contributed by atoms with Gasteiger partial charge in [0.05, 0.1) is 20.8 Å². The van der Waals surface area contributed by atoms with Crippen LogP contribution in [0, 0.1) is 0 Å². The number of carbonyl (C=O) groups excluding carboxylic acids is 2. The molecule has 2 aliphatic heterocycles. The van der Waals surface area contributed by atoms with Crippen LogP contribution < -0.4 is 25.3 Å². The van der Waals surface area contributed by atoms with Gasteiger partial charge in [0.1, 0.15) is 0 Å². The van der Waals surface area contributed by atoms with Gasteiger partial charge in [-0.1, -0.05) is 0 Å². The molecule has 0 aromatic heterocycles. The summed E-state index contributed by atoms with van der Waals surface area (Å²) >= 11 is 0.